The van der Waals surface area contributed by atoms with Gasteiger partial charge in [0.1, 0.15) is 0 Å². The molecule has 0 saturated heterocycles. The maximum absolute atomic E-state index is 11.5. The minimum atomic E-state index is -0.172. The van der Waals surface area contributed by atoms with Crippen molar-refractivity contribution in [2.24, 2.45) is 0 Å². The maximum Gasteiger partial charge on any atom is 0.319 e. The van der Waals surface area contributed by atoms with Crippen molar-refractivity contribution in [2.75, 3.05) is 17.6 Å². The van der Waals surface area contributed by atoms with Crippen molar-refractivity contribution in [1.29, 1.82) is 0 Å². The Labute approximate surface area is 96.2 Å². The number of rotatable bonds is 3. The van der Waals surface area contributed by atoms with E-state index in [9.17, 15) is 4.79 Å². The molecule has 1 aromatic rings. The molecule has 16 heavy (non-hydrogen) atoms. The third kappa shape index (κ3) is 3.15. The van der Waals surface area contributed by atoms with Crippen LogP contribution in [0.5, 0.6) is 0 Å². The molecule has 0 heterocycles. The van der Waals surface area contributed by atoms with Crippen molar-refractivity contribution >= 4 is 17.4 Å². The van der Waals surface area contributed by atoms with Gasteiger partial charge in [-0.25, -0.2) is 4.79 Å². The predicted molar refractivity (Wildman–Crippen MR) is 67.6 cm³/mol. The van der Waals surface area contributed by atoms with Gasteiger partial charge in [-0.3, -0.25) is 0 Å². The van der Waals surface area contributed by atoms with Gasteiger partial charge in [-0.05, 0) is 43.5 Å². The van der Waals surface area contributed by atoms with Crippen molar-refractivity contribution in [1.82, 2.24) is 5.32 Å². The average Bonchev–Trinajstić information content (AvgIpc) is 2.23. The molecule has 0 saturated carbocycles. The standard InChI is InChI=1S/C12H19N3O/c1-4-5-14-12(16)15-11-7-8(2)10(13)6-9(11)3/h6-7H,4-5,13H2,1-3H3,(H2,14,15,16). The molecule has 0 fully saturated rings. The second-order valence-corrected chi connectivity index (χ2v) is 3.90. The predicted octanol–water partition coefficient (Wildman–Crippen LogP) is 2.42. The summed E-state index contributed by atoms with van der Waals surface area (Å²) in [6.07, 6.45) is 0.924. The van der Waals surface area contributed by atoms with E-state index in [2.05, 4.69) is 10.6 Å². The first-order valence-corrected chi connectivity index (χ1v) is 5.46. The molecule has 0 aliphatic rings. The zero-order valence-electron chi connectivity index (χ0n) is 10.1. The first-order chi connectivity index (χ1) is 7.54. The molecule has 0 aliphatic carbocycles. The normalized spacial score (nSPS) is 9.94. The molecule has 4 nitrogen and oxygen atoms in total. The number of hydrogen-bond donors (Lipinski definition) is 3. The number of nitrogens with one attached hydrogen (secondary N) is 2. The van der Waals surface area contributed by atoms with Crippen LogP contribution < -0.4 is 16.4 Å². The summed E-state index contributed by atoms with van der Waals surface area (Å²) in [7, 11) is 0. The Morgan fingerprint density at radius 1 is 1.31 bits per heavy atom. The molecule has 1 rings (SSSR count). The maximum atomic E-state index is 11.5. The van der Waals surface area contributed by atoms with Crippen molar-refractivity contribution in [3.05, 3.63) is 23.3 Å². The number of nitrogens with two attached hydrogens (primary N) is 1. The van der Waals surface area contributed by atoms with Crippen LogP contribution in [0.15, 0.2) is 12.1 Å². The van der Waals surface area contributed by atoms with Crippen LogP contribution in [-0.4, -0.2) is 12.6 Å². The van der Waals surface area contributed by atoms with E-state index >= 15 is 0 Å². The van der Waals surface area contributed by atoms with Crippen molar-refractivity contribution in [3.63, 3.8) is 0 Å². The lowest BCUT2D eigenvalue weighted by molar-refractivity contribution is 0.252. The third-order valence-corrected chi connectivity index (χ3v) is 2.40. The van der Waals surface area contributed by atoms with Gasteiger partial charge in [0.15, 0.2) is 0 Å². The van der Waals surface area contributed by atoms with E-state index in [1.807, 2.05) is 32.9 Å². The molecule has 1 aromatic carbocycles. The minimum Gasteiger partial charge on any atom is -0.399 e. The van der Waals surface area contributed by atoms with Crippen molar-refractivity contribution < 1.29 is 4.79 Å². The zero-order chi connectivity index (χ0) is 12.1. The number of amides is 2. The van der Waals surface area contributed by atoms with E-state index < -0.39 is 0 Å². The van der Waals surface area contributed by atoms with Crippen LogP contribution in [-0.2, 0) is 0 Å². The van der Waals surface area contributed by atoms with Gasteiger partial charge in [-0.2, -0.15) is 0 Å². The molecule has 0 radical (unpaired) electrons. The number of urea groups is 1. The second kappa shape index (κ2) is 5.39. The molecule has 2 amide bonds. The lowest BCUT2D eigenvalue weighted by Gasteiger charge is -2.11. The van der Waals surface area contributed by atoms with Gasteiger partial charge < -0.3 is 16.4 Å². The highest BCUT2D eigenvalue weighted by Gasteiger charge is 2.05. The van der Waals surface area contributed by atoms with Gasteiger partial charge in [0.2, 0.25) is 0 Å². The Balaban J connectivity index is 2.73. The number of hydrogen-bond acceptors (Lipinski definition) is 2. The average molecular weight is 221 g/mol. The third-order valence-electron chi connectivity index (χ3n) is 2.40. The van der Waals surface area contributed by atoms with E-state index in [0.717, 1.165) is 28.9 Å². The van der Waals surface area contributed by atoms with E-state index in [1.165, 1.54) is 0 Å². The fourth-order valence-corrected chi connectivity index (χ4v) is 1.38. The van der Waals surface area contributed by atoms with Crippen LogP contribution in [0.3, 0.4) is 0 Å². The highest BCUT2D eigenvalue weighted by Crippen LogP contribution is 2.21. The first kappa shape index (κ1) is 12.4. The highest BCUT2D eigenvalue weighted by molar-refractivity contribution is 5.90. The Bertz CT molecular complexity index is 388. The van der Waals surface area contributed by atoms with E-state index in [1.54, 1.807) is 0 Å². The van der Waals surface area contributed by atoms with Gasteiger partial charge in [0.05, 0.1) is 0 Å². The number of carbonyl (C=O) groups is 1. The second-order valence-electron chi connectivity index (χ2n) is 3.90. The lowest BCUT2D eigenvalue weighted by Crippen LogP contribution is -2.29. The number of aryl methyl sites for hydroxylation is 2. The SMILES string of the molecule is CCCNC(=O)Nc1cc(C)c(N)cc1C. The molecule has 0 aliphatic heterocycles. The summed E-state index contributed by atoms with van der Waals surface area (Å²) in [5.41, 5.74) is 9.26. The highest BCUT2D eigenvalue weighted by atomic mass is 16.2. The molecule has 4 heteroatoms. The number of carbonyl (C=O) groups excluding carboxylic acids is 1. The fourth-order valence-electron chi connectivity index (χ4n) is 1.38. The quantitative estimate of drug-likeness (QED) is 0.686. The Morgan fingerprint density at radius 3 is 2.62 bits per heavy atom. The van der Waals surface area contributed by atoms with Crippen molar-refractivity contribution in [3.8, 4) is 0 Å². The summed E-state index contributed by atoms with van der Waals surface area (Å²) >= 11 is 0. The molecule has 0 bridgehead atoms. The molecular weight excluding hydrogens is 202 g/mol. The Morgan fingerprint density at radius 2 is 2.00 bits per heavy atom. The Hall–Kier alpha value is -1.71. The summed E-state index contributed by atoms with van der Waals surface area (Å²) in [6.45, 7) is 6.53. The Kier molecular flexibility index (Phi) is 4.17. The first-order valence-electron chi connectivity index (χ1n) is 5.46. The van der Waals surface area contributed by atoms with E-state index in [4.69, 9.17) is 5.73 Å². The van der Waals surface area contributed by atoms with Gasteiger partial charge in [-0.15, -0.1) is 0 Å². The van der Waals surface area contributed by atoms with E-state index in [0.29, 0.717) is 6.54 Å². The summed E-state index contributed by atoms with van der Waals surface area (Å²) in [5.74, 6) is 0. The number of anilines is 2. The molecule has 0 aromatic heterocycles. The van der Waals surface area contributed by atoms with Gasteiger partial charge in [0.25, 0.3) is 0 Å². The molecule has 0 spiro atoms. The van der Waals surface area contributed by atoms with Crippen LogP contribution >= 0.6 is 0 Å². The molecule has 4 N–H and O–H groups in total. The molecule has 88 valence electrons. The molecule has 0 unspecified atom stereocenters. The van der Waals surface area contributed by atoms with Gasteiger partial charge in [0, 0.05) is 17.9 Å². The number of benzene rings is 1. The van der Waals surface area contributed by atoms with Crippen LogP contribution in [0.25, 0.3) is 0 Å². The monoisotopic (exact) mass is 221 g/mol. The fraction of sp³-hybridized carbons (Fsp3) is 0.417. The minimum absolute atomic E-state index is 0.172. The largest absolute Gasteiger partial charge is 0.399 e. The molecule has 0 atom stereocenters. The van der Waals surface area contributed by atoms with Crippen LogP contribution in [0.4, 0.5) is 16.2 Å². The topological polar surface area (TPSA) is 67.2 Å². The van der Waals surface area contributed by atoms with Crippen LogP contribution in [0, 0.1) is 13.8 Å². The van der Waals surface area contributed by atoms with Gasteiger partial charge >= 0.3 is 6.03 Å². The van der Waals surface area contributed by atoms with Crippen LogP contribution in [0.1, 0.15) is 24.5 Å². The van der Waals surface area contributed by atoms with Crippen molar-refractivity contribution in [2.45, 2.75) is 27.2 Å². The molecular formula is C12H19N3O. The summed E-state index contributed by atoms with van der Waals surface area (Å²) in [4.78, 5) is 11.5. The zero-order valence-corrected chi connectivity index (χ0v) is 10.1. The lowest BCUT2D eigenvalue weighted by atomic mass is 10.1. The van der Waals surface area contributed by atoms with Gasteiger partial charge in [-0.1, -0.05) is 6.92 Å². The summed E-state index contributed by atoms with van der Waals surface area (Å²) in [5, 5.41) is 5.57. The summed E-state index contributed by atoms with van der Waals surface area (Å²) < 4.78 is 0. The smallest absolute Gasteiger partial charge is 0.319 e. The van der Waals surface area contributed by atoms with Crippen LogP contribution in [0.2, 0.25) is 0 Å². The summed E-state index contributed by atoms with van der Waals surface area (Å²) in [6, 6.07) is 3.58. The van der Waals surface area contributed by atoms with E-state index in [-0.39, 0.29) is 6.03 Å². The number of nitrogen functional groups attached to an aromatic ring is 1.